The number of hydrogen-bond acceptors (Lipinski definition) is 3. The molecule has 0 aliphatic carbocycles. The molecule has 0 aromatic heterocycles. The van der Waals surface area contributed by atoms with Crippen molar-refractivity contribution >= 4 is 34.8 Å². The van der Waals surface area contributed by atoms with Crippen molar-refractivity contribution in [3.05, 3.63) is 83.4 Å². The number of halogens is 1. The minimum absolute atomic E-state index is 0.0924. The van der Waals surface area contributed by atoms with E-state index in [1.165, 1.54) is 0 Å². The third-order valence-electron chi connectivity index (χ3n) is 6.03. The Morgan fingerprint density at radius 1 is 1.00 bits per heavy atom. The first-order valence-corrected chi connectivity index (χ1v) is 11.0. The summed E-state index contributed by atoms with van der Waals surface area (Å²) in [6, 6.07) is 23.1. The quantitative estimate of drug-likeness (QED) is 0.576. The van der Waals surface area contributed by atoms with Crippen molar-refractivity contribution in [3.8, 4) is 11.1 Å². The maximum Gasteiger partial charge on any atom is 0.255 e. The zero-order valence-corrected chi connectivity index (χ0v) is 19.0. The van der Waals surface area contributed by atoms with E-state index in [1.54, 1.807) is 19.1 Å². The van der Waals surface area contributed by atoms with Crippen LogP contribution in [0.1, 0.15) is 23.7 Å². The van der Waals surface area contributed by atoms with Crippen LogP contribution in [0, 0.1) is 0 Å². The number of nitrogens with one attached hydrogen (secondary N) is 1. The predicted molar refractivity (Wildman–Crippen MR) is 130 cm³/mol. The molecule has 0 saturated carbocycles. The summed E-state index contributed by atoms with van der Waals surface area (Å²) < 4.78 is 0. The summed E-state index contributed by atoms with van der Waals surface area (Å²) in [6.07, 6.45) is 0.957. The summed E-state index contributed by atoms with van der Waals surface area (Å²) in [5, 5.41) is 3.63. The molecule has 1 unspecified atom stereocenters. The summed E-state index contributed by atoms with van der Waals surface area (Å²) in [7, 11) is 1.86. The van der Waals surface area contributed by atoms with E-state index in [9.17, 15) is 9.59 Å². The maximum atomic E-state index is 12.7. The lowest BCUT2D eigenvalue weighted by Gasteiger charge is -2.24. The largest absolute Gasteiger partial charge is 0.369 e. The molecule has 1 heterocycles. The zero-order chi connectivity index (χ0) is 22.7. The fourth-order valence-electron chi connectivity index (χ4n) is 4.00. The first-order chi connectivity index (χ1) is 15.4. The lowest BCUT2D eigenvalue weighted by molar-refractivity contribution is -0.129. The molecule has 5 nitrogen and oxygen atoms in total. The molecule has 4 rings (SSSR count). The zero-order valence-electron chi connectivity index (χ0n) is 18.2. The maximum absolute atomic E-state index is 12.7. The van der Waals surface area contributed by atoms with Gasteiger partial charge in [0.2, 0.25) is 5.91 Å². The highest BCUT2D eigenvalue weighted by atomic mass is 35.5. The van der Waals surface area contributed by atoms with E-state index in [0.717, 1.165) is 42.0 Å². The van der Waals surface area contributed by atoms with Crippen molar-refractivity contribution in [2.24, 2.45) is 0 Å². The summed E-state index contributed by atoms with van der Waals surface area (Å²) >= 11 is 6.27. The monoisotopic (exact) mass is 447 g/mol. The number of nitrogens with zero attached hydrogens (tertiary/aromatic N) is 2. The van der Waals surface area contributed by atoms with Gasteiger partial charge in [0.1, 0.15) is 0 Å². The minimum atomic E-state index is -0.159. The van der Waals surface area contributed by atoms with Crippen LogP contribution in [0.3, 0.4) is 0 Å². The Morgan fingerprint density at radius 3 is 2.34 bits per heavy atom. The van der Waals surface area contributed by atoms with E-state index in [-0.39, 0.29) is 17.9 Å². The Labute approximate surface area is 193 Å². The molecule has 1 aliphatic rings. The Hall–Kier alpha value is -3.31. The van der Waals surface area contributed by atoms with Crippen molar-refractivity contribution in [2.45, 2.75) is 19.4 Å². The molecule has 1 N–H and O–H groups in total. The molecular weight excluding hydrogens is 422 g/mol. The normalized spacial score (nSPS) is 15.5. The van der Waals surface area contributed by atoms with E-state index < -0.39 is 0 Å². The third kappa shape index (κ3) is 4.78. The molecule has 3 aromatic carbocycles. The van der Waals surface area contributed by atoms with Crippen LogP contribution >= 0.6 is 11.6 Å². The van der Waals surface area contributed by atoms with Gasteiger partial charge < -0.3 is 15.1 Å². The summed E-state index contributed by atoms with van der Waals surface area (Å²) in [5.74, 6) is -0.0670. The van der Waals surface area contributed by atoms with Gasteiger partial charge in [0.05, 0.1) is 6.04 Å². The van der Waals surface area contributed by atoms with Gasteiger partial charge in [-0.15, -0.1) is 0 Å². The number of hydrogen-bond donors (Lipinski definition) is 1. The lowest BCUT2D eigenvalue weighted by atomic mass is 10.0. The van der Waals surface area contributed by atoms with Gasteiger partial charge in [0.25, 0.3) is 5.91 Å². The second-order valence-corrected chi connectivity index (χ2v) is 8.48. The second kappa shape index (κ2) is 9.45. The van der Waals surface area contributed by atoms with Crippen LogP contribution in [0.5, 0.6) is 0 Å². The van der Waals surface area contributed by atoms with Gasteiger partial charge >= 0.3 is 0 Å². The van der Waals surface area contributed by atoms with Crippen molar-refractivity contribution in [1.29, 1.82) is 0 Å². The number of carbonyl (C=O) groups is 2. The number of rotatable bonds is 5. The molecule has 6 heteroatoms. The van der Waals surface area contributed by atoms with Crippen molar-refractivity contribution in [3.63, 3.8) is 0 Å². The van der Waals surface area contributed by atoms with Crippen LogP contribution in [0.4, 0.5) is 11.4 Å². The van der Waals surface area contributed by atoms with E-state index in [2.05, 4.69) is 10.2 Å². The van der Waals surface area contributed by atoms with E-state index in [0.29, 0.717) is 10.6 Å². The Balaban J connectivity index is 1.38. The first-order valence-electron chi connectivity index (χ1n) is 10.7. The first kappa shape index (κ1) is 21.9. The molecule has 0 spiro atoms. The Kier molecular flexibility index (Phi) is 6.47. The van der Waals surface area contributed by atoms with Gasteiger partial charge in [-0.05, 0) is 54.4 Å². The smallest absolute Gasteiger partial charge is 0.255 e. The molecule has 1 atom stereocenters. The molecule has 1 aliphatic heterocycles. The van der Waals surface area contributed by atoms with E-state index in [4.69, 9.17) is 11.6 Å². The minimum Gasteiger partial charge on any atom is -0.369 e. The summed E-state index contributed by atoms with van der Waals surface area (Å²) in [6.45, 7) is 3.33. The average Bonchev–Trinajstić information content (AvgIpc) is 3.29. The van der Waals surface area contributed by atoms with Crippen molar-refractivity contribution in [2.75, 3.05) is 30.4 Å². The molecule has 1 fully saturated rings. The molecular formula is C26H26ClN3O2. The number of carbonyl (C=O) groups excluding carboxylic acids is 2. The molecule has 32 heavy (non-hydrogen) atoms. The van der Waals surface area contributed by atoms with Gasteiger partial charge in [-0.3, -0.25) is 9.59 Å². The summed E-state index contributed by atoms with van der Waals surface area (Å²) in [5.41, 5.74) is 4.32. The topological polar surface area (TPSA) is 52.7 Å². The standard InChI is InChI=1S/C26H26ClN3O2/c1-18(31)29(2)23-15-16-30(17-23)22-13-11-21(12-14-22)28-26(32)20-9-7-19(8-10-20)24-5-3-4-6-25(24)27/h3-14,23H,15-17H2,1-2H3,(H,28,32). The fourth-order valence-corrected chi connectivity index (χ4v) is 4.25. The van der Waals surface area contributed by atoms with Crippen molar-refractivity contribution in [1.82, 2.24) is 4.90 Å². The van der Waals surface area contributed by atoms with Crippen LogP contribution < -0.4 is 10.2 Å². The Morgan fingerprint density at radius 2 is 1.69 bits per heavy atom. The van der Waals surface area contributed by atoms with Gasteiger partial charge in [-0.2, -0.15) is 0 Å². The highest BCUT2D eigenvalue weighted by molar-refractivity contribution is 6.33. The molecule has 1 saturated heterocycles. The molecule has 0 radical (unpaired) electrons. The molecule has 164 valence electrons. The van der Waals surface area contributed by atoms with Crippen molar-refractivity contribution < 1.29 is 9.59 Å². The lowest BCUT2D eigenvalue weighted by Crippen LogP contribution is -2.37. The number of benzene rings is 3. The molecule has 2 amide bonds. The number of anilines is 2. The van der Waals surface area contributed by atoms with Gasteiger partial charge in [0.15, 0.2) is 0 Å². The summed E-state index contributed by atoms with van der Waals surface area (Å²) in [4.78, 5) is 28.4. The predicted octanol–water partition coefficient (Wildman–Crippen LogP) is 5.32. The highest BCUT2D eigenvalue weighted by Gasteiger charge is 2.27. The number of amides is 2. The molecule has 0 bridgehead atoms. The SMILES string of the molecule is CC(=O)N(C)C1CCN(c2ccc(NC(=O)c3ccc(-c4ccccc4Cl)cc3)cc2)C1. The highest BCUT2D eigenvalue weighted by Crippen LogP contribution is 2.28. The Bertz CT molecular complexity index is 1110. The van der Waals surface area contributed by atoms with Crippen LogP contribution in [-0.4, -0.2) is 42.9 Å². The molecule has 3 aromatic rings. The van der Waals surface area contributed by atoms with Crippen LogP contribution in [-0.2, 0) is 4.79 Å². The van der Waals surface area contributed by atoms with Crippen LogP contribution in [0.25, 0.3) is 11.1 Å². The van der Waals surface area contributed by atoms with Gasteiger partial charge in [-0.1, -0.05) is 41.9 Å². The van der Waals surface area contributed by atoms with E-state index in [1.807, 2.05) is 72.6 Å². The fraction of sp³-hybridized carbons (Fsp3) is 0.231. The van der Waals surface area contributed by atoms with Crippen LogP contribution in [0.15, 0.2) is 72.8 Å². The van der Waals surface area contributed by atoms with Gasteiger partial charge in [0, 0.05) is 54.6 Å². The number of likely N-dealkylation sites (N-methyl/N-ethyl adjacent to an activating group) is 1. The van der Waals surface area contributed by atoms with Crippen LogP contribution in [0.2, 0.25) is 5.02 Å². The average molecular weight is 448 g/mol. The third-order valence-corrected chi connectivity index (χ3v) is 6.36. The van der Waals surface area contributed by atoms with Gasteiger partial charge in [-0.25, -0.2) is 0 Å². The van der Waals surface area contributed by atoms with E-state index >= 15 is 0 Å². The second-order valence-electron chi connectivity index (χ2n) is 8.08.